The van der Waals surface area contributed by atoms with E-state index < -0.39 is 21.3 Å². The summed E-state index contributed by atoms with van der Waals surface area (Å²) in [6.07, 6.45) is 1.79. The molecule has 1 saturated heterocycles. The first-order valence-electron chi connectivity index (χ1n) is 11.9. The standard InChI is InChI=1S/C25H33N5O5S/c1-16-7-9-18(10-8-16)36(33,34)30-14-12-19-21(26-23(31)27-22(19)30)28(6)20-15-29(13-11-17(20)2)24(32)35-25(3,4)5/h7-10,12,14,17,20H,11,13,15H2,1-6H3,(H,26,27,31). The van der Waals surface area contributed by atoms with Gasteiger partial charge in [-0.2, -0.15) is 4.98 Å². The predicted octanol–water partition coefficient (Wildman–Crippen LogP) is 3.35. The van der Waals surface area contributed by atoms with E-state index >= 15 is 0 Å². The Bertz CT molecular complexity index is 1440. The van der Waals surface area contributed by atoms with E-state index in [1.807, 2.05) is 39.6 Å². The molecule has 1 fully saturated rings. The molecule has 0 radical (unpaired) electrons. The molecule has 1 amide bonds. The molecule has 4 rings (SSSR count). The maximum absolute atomic E-state index is 13.3. The number of nitrogens with zero attached hydrogens (tertiary/aromatic N) is 4. The van der Waals surface area contributed by atoms with Gasteiger partial charge < -0.3 is 14.5 Å². The van der Waals surface area contributed by atoms with Crippen LogP contribution in [-0.2, 0) is 14.8 Å². The summed E-state index contributed by atoms with van der Waals surface area (Å²) in [5, 5.41) is 0.495. The van der Waals surface area contributed by atoms with E-state index in [-0.39, 0.29) is 28.6 Å². The molecule has 11 heteroatoms. The highest BCUT2D eigenvalue weighted by molar-refractivity contribution is 7.90. The number of amides is 1. The molecule has 2 unspecified atom stereocenters. The maximum Gasteiger partial charge on any atom is 0.410 e. The van der Waals surface area contributed by atoms with Crippen molar-refractivity contribution < 1.29 is 17.9 Å². The van der Waals surface area contributed by atoms with Crippen LogP contribution >= 0.6 is 0 Å². The van der Waals surface area contributed by atoms with Crippen LogP contribution in [0.2, 0.25) is 0 Å². The number of piperidine rings is 1. The quantitative estimate of drug-likeness (QED) is 0.566. The molecule has 2 atom stereocenters. The number of ether oxygens (including phenoxy) is 1. The van der Waals surface area contributed by atoms with E-state index in [0.717, 1.165) is 16.0 Å². The number of hydrogen-bond acceptors (Lipinski definition) is 7. The summed E-state index contributed by atoms with van der Waals surface area (Å²) in [6.45, 7) is 10.4. The van der Waals surface area contributed by atoms with Crippen LogP contribution in [0.3, 0.4) is 0 Å². The second kappa shape index (κ2) is 9.27. The van der Waals surface area contributed by atoms with Gasteiger partial charge in [0.15, 0.2) is 0 Å². The van der Waals surface area contributed by atoms with Gasteiger partial charge in [0.25, 0.3) is 10.0 Å². The van der Waals surface area contributed by atoms with Crippen LogP contribution in [0, 0.1) is 12.8 Å². The van der Waals surface area contributed by atoms with Crippen molar-refractivity contribution in [1.82, 2.24) is 18.8 Å². The molecule has 1 aromatic carbocycles. The van der Waals surface area contributed by atoms with Crippen LogP contribution in [0.15, 0.2) is 46.2 Å². The Hall–Kier alpha value is -3.34. The molecule has 0 spiro atoms. The number of hydrogen-bond donors (Lipinski definition) is 1. The third-order valence-corrected chi connectivity index (χ3v) is 8.20. The molecule has 2 aromatic heterocycles. The highest BCUT2D eigenvalue weighted by Gasteiger charge is 2.35. The number of fused-ring (bicyclic) bond motifs is 1. The van der Waals surface area contributed by atoms with E-state index in [0.29, 0.717) is 24.3 Å². The molecular formula is C25H33N5O5S. The van der Waals surface area contributed by atoms with Crippen LogP contribution in [-0.4, -0.2) is 65.1 Å². The van der Waals surface area contributed by atoms with Crippen molar-refractivity contribution in [2.75, 3.05) is 25.0 Å². The van der Waals surface area contributed by atoms with Gasteiger partial charge in [0.05, 0.1) is 16.3 Å². The zero-order chi connectivity index (χ0) is 26.4. The minimum Gasteiger partial charge on any atom is -0.444 e. The summed E-state index contributed by atoms with van der Waals surface area (Å²) < 4.78 is 33.3. The van der Waals surface area contributed by atoms with Gasteiger partial charge in [-0.1, -0.05) is 24.6 Å². The Labute approximate surface area is 210 Å². The number of aromatic nitrogens is 3. The molecule has 3 aromatic rings. The van der Waals surface area contributed by atoms with E-state index in [1.165, 1.54) is 18.3 Å². The van der Waals surface area contributed by atoms with Crippen molar-refractivity contribution >= 4 is 33.0 Å². The van der Waals surface area contributed by atoms with Gasteiger partial charge in [0.2, 0.25) is 0 Å². The lowest BCUT2D eigenvalue weighted by atomic mass is 9.92. The smallest absolute Gasteiger partial charge is 0.410 e. The molecule has 0 bridgehead atoms. The Morgan fingerprint density at radius 1 is 1.19 bits per heavy atom. The Morgan fingerprint density at radius 2 is 1.86 bits per heavy atom. The summed E-state index contributed by atoms with van der Waals surface area (Å²) in [6, 6.07) is 8.01. The summed E-state index contributed by atoms with van der Waals surface area (Å²) >= 11 is 0. The van der Waals surface area contributed by atoms with Gasteiger partial charge in [0.1, 0.15) is 17.1 Å². The lowest BCUT2D eigenvalue weighted by Crippen LogP contribution is -2.53. The third-order valence-electron chi connectivity index (χ3n) is 6.51. The number of carbonyl (C=O) groups excluding carboxylic acids is 1. The summed E-state index contributed by atoms with van der Waals surface area (Å²) in [7, 11) is -2.13. The fourth-order valence-electron chi connectivity index (χ4n) is 4.50. The maximum atomic E-state index is 13.3. The Morgan fingerprint density at radius 3 is 2.50 bits per heavy atom. The lowest BCUT2D eigenvalue weighted by Gasteiger charge is -2.42. The number of aryl methyl sites for hydroxylation is 1. The van der Waals surface area contributed by atoms with Gasteiger partial charge in [-0.25, -0.2) is 22.0 Å². The average molecular weight is 516 g/mol. The van der Waals surface area contributed by atoms with Gasteiger partial charge in [0, 0.05) is 26.3 Å². The van der Waals surface area contributed by atoms with Crippen molar-refractivity contribution in [1.29, 1.82) is 0 Å². The van der Waals surface area contributed by atoms with Gasteiger partial charge >= 0.3 is 11.8 Å². The molecule has 0 aliphatic carbocycles. The highest BCUT2D eigenvalue weighted by Crippen LogP contribution is 2.30. The third kappa shape index (κ3) is 4.97. The van der Waals surface area contributed by atoms with Crippen LogP contribution < -0.4 is 10.6 Å². The van der Waals surface area contributed by atoms with E-state index in [9.17, 15) is 18.0 Å². The minimum atomic E-state index is -3.94. The lowest BCUT2D eigenvalue weighted by molar-refractivity contribution is 0.0165. The number of likely N-dealkylation sites (tertiary alicyclic amines) is 1. The monoisotopic (exact) mass is 515 g/mol. The van der Waals surface area contributed by atoms with Gasteiger partial charge in [-0.15, -0.1) is 0 Å². The number of benzene rings is 1. The van der Waals surface area contributed by atoms with Gasteiger partial charge in [-0.3, -0.25) is 4.98 Å². The zero-order valence-electron chi connectivity index (χ0n) is 21.5. The Kier molecular flexibility index (Phi) is 6.63. The fraction of sp³-hybridized carbons (Fsp3) is 0.480. The first kappa shape index (κ1) is 25.7. The Balaban J connectivity index is 1.71. The fourth-order valence-corrected chi connectivity index (χ4v) is 5.81. The van der Waals surface area contributed by atoms with Crippen molar-refractivity contribution in [3.05, 3.63) is 52.6 Å². The van der Waals surface area contributed by atoms with Crippen LogP contribution in [0.1, 0.15) is 39.7 Å². The molecule has 10 nitrogen and oxygen atoms in total. The van der Waals surface area contributed by atoms with Crippen LogP contribution in [0.5, 0.6) is 0 Å². The molecule has 3 heterocycles. The molecule has 194 valence electrons. The van der Waals surface area contributed by atoms with Crippen LogP contribution in [0.25, 0.3) is 11.0 Å². The number of nitrogens with one attached hydrogen (secondary N) is 1. The first-order chi connectivity index (χ1) is 16.8. The summed E-state index contributed by atoms with van der Waals surface area (Å²) in [4.78, 5) is 35.7. The number of anilines is 1. The molecular weight excluding hydrogens is 482 g/mol. The number of aromatic amines is 1. The normalized spacial score (nSPS) is 18.9. The van der Waals surface area contributed by atoms with Crippen LogP contribution in [0.4, 0.5) is 10.6 Å². The second-order valence-electron chi connectivity index (χ2n) is 10.4. The molecule has 1 aliphatic rings. The molecule has 1 N–H and O–H groups in total. The van der Waals surface area contributed by atoms with E-state index in [2.05, 4.69) is 16.9 Å². The number of carbonyl (C=O) groups is 1. The van der Waals surface area contributed by atoms with Gasteiger partial charge in [-0.05, 0) is 58.2 Å². The minimum absolute atomic E-state index is 0.118. The van der Waals surface area contributed by atoms with Crippen molar-refractivity contribution in [3.63, 3.8) is 0 Å². The number of H-pyrrole nitrogens is 1. The van der Waals surface area contributed by atoms with E-state index in [4.69, 9.17) is 4.74 Å². The largest absolute Gasteiger partial charge is 0.444 e. The van der Waals surface area contributed by atoms with Crippen molar-refractivity contribution in [2.24, 2.45) is 5.92 Å². The zero-order valence-corrected chi connectivity index (χ0v) is 22.3. The number of likely N-dealkylation sites (N-methyl/N-ethyl adjacent to an activating group) is 1. The first-order valence-corrected chi connectivity index (χ1v) is 13.4. The summed E-state index contributed by atoms with van der Waals surface area (Å²) in [5.41, 5.74) is -0.177. The average Bonchev–Trinajstić information content (AvgIpc) is 3.22. The number of rotatable bonds is 4. The van der Waals surface area contributed by atoms with Crippen molar-refractivity contribution in [2.45, 2.75) is 57.6 Å². The molecule has 0 saturated carbocycles. The topological polar surface area (TPSA) is 118 Å². The highest BCUT2D eigenvalue weighted by atomic mass is 32.2. The molecule has 1 aliphatic heterocycles. The predicted molar refractivity (Wildman–Crippen MR) is 138 cm³/mol. The molecule has 36 heavy (non-hydrogen) atoms. The SMILES string of the molecule is Cc1ccc(S(=O)(=O)n2ccc3c(N(C)C4CN(C(=O)OC(C)(C)C)CCC4C)nc(=O)[nH]c32)cc1. The summed E-state index contributed by atoms with van der Waals surface area (Å²) in [5.74, 6) is 0.553. The second-order valence-corrected chi connectivity index (χ2v) is 12.2. The van der Waals surface area contributed by atoms with E-state index in [1.54, 1.807) is 23.1 Å². The van der Waals surface area contributed by atoms with Crippen molar-refractivity contribution in [3.8, 4) is 0 Å².